The van der Waals surface area contributed by atoms with Gasteiger partial charge in [0.25, 0.3) is 0 Å². The molecule has 128 valence electrons. The first kappa shape index (κ1) is 16.6. The fourth-order valence-electron chi connectivity index (χ4n) is 2.72. The highest BCUT2D eigenvalue weighted by Crippen LogP contribution is 2.19. The highest BCUT2D eigenvalue weighted by molar-refractivity contribution is 5.93. The lowest BCUT2D eigenvalue weighted by molar-refractivity contribution is -0.991. The summed E-state index contributed by atoms with van der Waals surface area (Å²) in [7, 11) is 2.00. The van der Waals surface area contributed by atoms with E-state index in [-0.39, 0.29) is 22.9 Å². The van der Waals surface area contributed by atoms with Gasteiger partial charge in [-0.3, -0.25) is 0 Å². The number of rotatable bonds is 3. The lowest BCUT2D eigenvalue weighted by Gasteiger charge is -2.28. The Morgan fingerprint density at radius 2 is 2.08 bits per heavy atom. The molecule has 1 saturated heterocycles. The van der Waals surface area contributed by atoms with E-state index in [9.17, 15) is 14.8 Å². The van der Waals surface area contributed by atoms with Gasteiger partial charge < -0.3 is 19.3 Å². The van der Waals surface area contributed by atoms with Crippen LogP contribution in [0, 0.1) is 5.21 Å². The van der Waals surface area contributed by atoms with Crippen LogP contribution in [0.2, 0.25) is 0 Å². The second-order valence-electron chi connectivity index (χ2n) is 5.91. The number of fused-ring (bicyclic) bond motifs is 1. The van der Waals surface area contributed by atoms with Crippen molar-refractivity contribution < 1.29 is 24.4 Å². The van der Waals surface area contributed by atoms with Crippen molar-refractivity contribution in [3.05, 3.63) is 45.5 Å². The average Bonchev–Trinajstić information content (AvgIpc) is 2.55. The molecular weight excluding hydrogens is 316 g/mol. The number of hydrogen-bond acceptors (Lipinski definition) is 7. The molecular formula is C16H18N2O6. The second kappa shape index (κ2) is 6.70. The Labute approximate surface area is 137 Å². The monoisotopic (exact) mass is 334 g/mol. The molecule has 0 radical (unpaired) electrons. The molecule has 1 aliphatic heterocycles. The van der Waals surface area contributed by atoms with E-state index in [1.54, 1.807) is 0 Å². The molecule has 1 atom stereocenters. The third kappa shape index (κ3) is 3.46. The molecule has 2 aromatic rings. The molecule has 8 heteroatoms. The maximum atomic E-state index is 12.3. The Balaban J connectivity index is 1.86. The van der Waals surface area contributed by atoms with Crippen molar-refractivity contribution in [3.8, 4) is 0 Å². The van der Waals surface area contributed by atoms with E-state index >= 15 is 0 Å². The van der Waals surface area contributed by atoms with Crippen LogP contribution >= 0.6 is 0 Å². The number of esters is 1. The molecule has 3 rings (SSSR count). The van der Waals surface area contributed by atoms with Crippen molar-refractivity contribution in [2.24, 2.45) is 0 Å². The molecule has 0 bridgehead atoms. The van der Waals surface area contributed by atoms with Crippen LogP contribution in [-0.4, -0.2) is 42.3 Å². The maximum absolute atomic E-state index is 12.3. The Bertz CT molecular complexity index is 808. The van der Waals surface area contributed by atoms with Gasteiger partial charge in [-0.2, -0.15) is 5.23 Å². The summed E-state index contributed by atoms with van der Waals surface area (Å²) in [5, 5.41) is 19.3. The maximum Gasteiger partial charge on any atom is 0.351 e. The highest BCUT2D eigenvalue weighted by atomic mass is 16.8. The summed E-state index contributed by atoms with van der Waals surface area (Å²) in [5.41, 5.74) is -0.737. The zero-order valence-electron chi connectivity index (χ0n) is 13.2. The van der Waals surface area contributed by atoms with E-state index in [0.717, 1.165) is 13.1 Å². The normalized spacial score (nSPS) is 17.8. The van der Waals surface area contributed by atoms with Crippen LogP contribution in [0.1, 0.15) is 23.2 Å². The lowest BCUT2D eigenvalue weighted by Crippen LogP contribution is -2.99. The minimum Gasteiger partial charge on any atom is -0.595 e. The van der Waals surface area contributed by atoms with Crippen molar-refractivity contribution in [1.82, 2.24) is 4.90 Å². The number of benzene rings is 1. The van der Waals surface area contributed by atoms with E-state index in [4.69, 9.17) is 14.4 Å². The van der Waals surface area contributed by atoms with Crippen molar-refractivity contribution in [1.29, 1.82) is 0 Å². The highest BCUT2D eigenvalue weighted by Gasteiger charge is 2.23. The van der Waals surface area contributed by atoms with Crippen molar-refractivity contribution >= 4 is 22.6 Å². The van der Waals surface area contributed by atoms with E-state index in [0.29, 0.717) is 18.2 Å². The predicted molar refractivity (Wildman–Crippen MR) is 84.2 cm³/mol. The zero-order valence-corrected chi connectivity index (χ0v) is 13.2. The summed E-state index contributed by atoms with van der Waals surface area (Å²) < 4.78 is 10.5. The molecule has 1 aromatic carbocycles. The topological polar surface area (TPSA) is 107 Å². The van der Waals surface area contributed by atoms with Crippen LogP contribution in [0.25, 0.3) is 11.0 Å². The van der Waals surface area contributed by atoms with Gasteiger partial charge in [0.1, 0.15) is 17.3 Å². The van der Waals surface area contributed by atoms with E-state index in [2.05, 4.69) is 4.90 Å². The van der Waals surface area contributed by atoms with Crippen molar-refractivity contribution in [3.63, 3.8) is 0 Å². The van der Waals surface area contributed by atoms with Gasteiger partial charge >= 0.3 is 11.6 Å². The molecule has 0 aliphatic carbocycles. The standard InChI is InChI=1S/C16H18N2O6/c1-17-6-4-12(5-7-17)23-15(19)13-9-10-8-11(18(21)22)2-3-14(10)24-16(13)20/h2-3,8-9,12,18,21H,4-7H2,1H3. The first-order valence-corrected chi connectivity index (χ1v) is 7.65. The molecule has 2 N–H and O–H groups in total. The minimum atomic E-state index is -1.10. The van der Waals surface area contributed by atoms with Crippen LogP contribution in [0.3, 0.4) is 0 Å². The smallest absolute Gasteiger partial charge is 0.351 e. The summed E-state index contributed by atoms with van der Waals surface area (Å²) in [6.45, 7) is 1.65. The van der Waals surface area contributed by atoms with Gasteiger partial charge in [0.2, 0.25) is 0 Å². The molecule has 1 fully saturated rings. The molecule has 0 amide bonds. The van der Waals surface area contributed by atoms with Gasteiger partial charge in [0.15, 0.2) is 5.69 Å². The fraction of sp³-hybridized carbons (Fsp3) is 0.375. The third-order valence-corrected chi connectivity index (χ3v) is 4.14. The molecule has 24 heavy (non-hydrogen) atoms. The van der Waals surface area contributed by atoms with Crippen molar-refractivity contribution in [2.45, 2.75) is 18.9 Å². The molecule has 1 unspecified atom stereocenters. The van der Waals surface area contributed by atoms with Gasteiger partial charge in [-0.25, -0.2) is 14.8 Å². The molecule has 0 spiro atoms. The number of likely N-dealkylation sites (tertiary alicyclic amines) is 1. The Kier molecular flexibility index (Phi) is 4.63. The molecule has 2 heterocycles. The molecule has 1 aliphatic rings. The summed E-state index contributed by atoms with van der Waals surface area (Å²) in [6, 6.07) is 5.41. The number of carbonyl (C=O) groups is 1. The molecule has 8 nitrogen and oxygen atoms in total. The summed E-state index contributed by atoms with van der Waals surface area (Å²) in [5.74, 6) is -0.735. The number of hydrogen-bond donors (Lipinski definition) is 2. The van der Waals surface area contributed by atoms with Crippen LogP contribution < -0.4 is 10.9 Å². The quantitative estimate of drug-likeness (QED) is 0.476. The first-order chi connectivity index (χ1) is 11.4. The van der Waals surface area contributed by atoms with Gasteiger partial charge in [0, 0.05) is 30.6 Å². The first-order valence-electron chi connectivity index (χ1n) is 7.65. The Morgan fingerprint density at radius 3 is 2.75 bits per heavy atom. The average molecular weight is 334 g/mol. The van der Waals surface area contributed by atoms with Gasteiger partial charge in [-0.15, -0.1) is 0 Å². The number of nitrogens with one attached hydrogen (secondary N) is 1. The van der Waals surface area contributed by atoms with Crippen LogP contribution in [-0.2, 0) is 4.74 Å². The van der Waals surface area contributed by atoms with Crippen LogP contribution in [0.4, 0.5) is 5.69 Å². The lowest BCUT2D eigenvalue weighted by atomic mass is 10.1. The third-order valence-electron chi connectivity index (χ3n) is 4.14. The predicted octanol–water partition coefficient (Wildman–Crippen LogP) is 0.447. The summed E-state index contributed by atoms with van der Waals surface area (Å²) >= 11 is 0. The summed E-state index contributed by atoms with van der Waals surface area (Å²) in [6.07, 6.45) is 1.20. The van der Waals surface area contributed by atoms with Crippen LogP contribution in [0.5, 0.6) is 0 Å². The van der Waals surface area contributed by atoms with Gasteiger partial charge in [0.05, 0.1) is 0 Å². The zero-order chi connectivity index (χ0) is 17.3. The number of ether oxygens (including phenoxy) is 1. The SMILES string of the molecule is CN1CCC(OC(=O)c2cc3cc([NH+]([O-])O)ccc3oc2=O)CC1. The Morgan fingerprint density at radius 1 is 1.38 bits per heavy atom. The van der Waals surface area contributed by atoms with E-state index in [1.165, 1.54) is 24.3 Å². The van der Waals surface area contributed by atoms with E-state index < -0.39 is 16.8 Å². The fourth-order valence-corrected chi connectivity index (χ4v) is 2.72. The van der Waals surface area contributed by atoms with Crippen LogP contribution in [0.15, 0.2) is 33.5 Å². The summed E-state index contributed by atoms with van der Waals surface area (Å²) in [4.78, 5) is 26.4. The molecule has 0 saturated carbocycles. The number of nitrogens with zero attached hydrogens (tertiary/aromatic N) is 1. The Hall–Kier alpha value is -2.26. The minimum absolute atomic E-state index is 0.0472. The second-order valence-corrected chi connectivity index (χ2v) is 5.91. The molecule has 1 aromatic heterocycles. The number of carbonyl (C=O) groups excluding carboxylic acids is 1. The largest absolute Gasteiger partial charge is 0.595 e. The number of quaternary nitrogens is 1. The van der Waals surface area contributed by atoms with Gasteiger partial charge in [-0.05, 0) is 32.0 Å². The van der Waals surface area contributed by atoms with Crippen molar-refractivity contribution in [2.75, 3.05) is 20.1 Å². The number of piperidine rings is 1. The van der Waals surface area contributed by atoms with Gasteiger partial charge in [-0.1, -0.05) is 0 Å². The van der Waals surface area contributed by atoms with E-state index in [1.807, 2.05) is 7.05 Å².